The average Bonchev–Trinajstić information content (AvgIpc) is 2.44. The number of rotatable bonds is 1. The van der Waals surface area contributed by atoms with Crippen molar-refractivity contribution in [2.24, 2.45) is 0 Å². The monoisotopic (exact) mass is 243 g/mol. The zero-order chi connectivity index (χ0) is 14.0. The molecule has 1 nitrogen and oxygen atoms in total. The standard InChI is InChI=1S/C13H13N.2C2H6/c1-10-7-12(9-14-8-10)13-6-4-3-5-11(13)2;2*1-2/h3-9H,1-2H3;2*1-2H3. The molecule has 0 spiro atoms. The van der Waals surface area contributed by atoms with Gasteiger partial charge in [-0.05, 0) is 36.6 Å². The van der Waals surface area contributed by atoms with Gasteiger partial charge in [0, 0.05) is 18.0 Å². The Morgan fingerprint density at radius 1 is 0.833 bits per heavy atom. The Bertz CT molecular complexity index is 447. The molecule has 0 saturated carbocycles. The molecule has 0 bridgehead atoms. The van der Waals surface area contributed by atoms with E-state index in [1.807, 2.05) is 40.1 Å². The third-order valence-electron chi connectivity index (χ3n) is 2.33. The van der Waals surface area contributed by atoms with E-state index in [1.165, 1.54) is 22.3 Å². The molecule has 0 aliphatic heterocycles. The Labute approximate surface area is 112 Å². The lowest BCUT2D eigenvalue weighted by molar-refractivity contribution is 1.26. The summed E-state index contributed by atoms with van der Waals surface area (Å²) in [5.41, 5.74) is 4.96. The highest BCUT2D eigenvalue weighted by Crippen LogP contribution is 2.22. The lowest BCUT2D eigenvalue weighted by atomic mass is 10.0. The normalized spacial score (nSPS) is 8.56. The highest BCUT2D eigenvalue weighted by molar-refractivity contribution is 5.66. The number of hydrogen-bond donors (Lipinski definition) is 0. The van der Waals surface area contributed by atoms with Gasteiger partial charge in [0.25, 0.3) is 0 Å². The molecule has 98 valence electrons. The zero-order valence-electron chi connectivity index (χ0n) is 12.5. The zero-order valence-corrected chi connectivity index (χ0v) is 12.5. The van der Waals surface area contributed by atoms with Crippen molar-refractivity contribution in [1.82, 2.24) is 4.98 Å². The molecule has 0 saturated heterocycles. The highest BCUT2D eigenvalue weighted by atomic mass is 14.6. The van der Waals surface area contributed by atoms with E-state index in [0.29, 0.717) is 0 Å². The molecule has 0 atom stereocenters. The van der Waals surface area contributed by atoms with E-state index in [4.69, 9.17) is 0 Å². The first-order valence-corrected chi connectivity index (χ1v) is 6.75. The van der Waals surface area contributed by atoms with Gasteiger partial charge in [0.15, 0.2) is 0 Å². The Balaban J connectivity index is 0.000000659. The van der Waals surface area contributed by atoms with Crippen molar-refractivity contribution < 1.29 is 0 Å². The molecule has 0 aliphatic carbocycles. The predicted octanol–water partition coefficient (Wildman–Crippen LogP) is 5.42. The van der Waals surface area contributed by atoms with Crippen molar-refractivity contribution in [3.63, 3.8) is 0 Å². The maximum absolute atomic E-state index is 4.20. The van der Waals surface area contributed by atoms with Crippen LogP contribution in [0.1, 0.15) is 38.8 Å². The lowest BCUT2D eigenvalue weighted by Crippen LogP contribution is -1.85. The number of aryl methyl sites for hydroxylation is 2. The second-order valence-electron chi connectivity index (χ2n) is 3.57. The predicted molar refractivity (Wildman–Crippen MR) is 81.8 cm³/mol. The van der Waals surface area contributed by atoms with E-state index in [1.54, 1.807) is 0 Å². The molecule has 1 aromatic carbocycles. The van der Waals surface area contributed by atoms with Crippen molar-refractivity contribution >= 4 is 0 Å². The van der Waals surface area contributed by atoms with Crippen LogP contribution in [0.15, 0.2) is 42.7 Å². The molecule has 0 radical (unpaired) electrons. The summed E-state index contributed by atoms with van der Waals surface area (Å²) >= 11 is 0. The fourth-order valence-corrected chi connectivity index (χ4v) is 1.60. The van der Waals surface area contributed by atoms with Crippen molar-refractivity contribution in [3.05, 3.63) is 53.9 Å². The van der Waals surface area contributed by atoms with Crippen LogP contribution in [0.2, 0.25) is 0 Å². The van der Waals surface area contributed by atoms with Crippen molar-refractivity contribution in [3.8, 4) is 11.1 Å². The molecule has 0 unspecified atom stereocenters. The van der Waals surface area contributed by atoms with E-state index in [-0.39, 0.29) is 0 Å². The first-order chi connectivity index (χ1) is 8.77. The Morgan fingerprint density at radius 3 is 2.00 bits per heavy atom. The van der Waals surface area contributed by atoms with Gasteiger partial charge in [-0.1, -0.05) is 52.0 Å². The summed E-state index contributed by atoms with van der Waals surface area (Å²) in [5.74, 6) is 0. The molecule has 0 fully saturated rings. The molecular formula is C17H25N. The van der Waals surface area contributed by atoms with Crippen molar-refractivity contribution in [1.29, 1.82) is 0 Å². The van der Waals surface area contributed by atoms with Crippen LogP contribution in [-0.4, -0.2) is 4.98 Å². The van der Waals surface area contributed by atoms with Crippen molar-refractivity contribution in [2.75, 3.05) is 0 Å². The minimum Gasteiger partial charge on any atom is -0.264 e. The van der Waals surface area contributed by atoms with Gasteiger partial charge in [0.2, 0.25) is 0 Å². The second-order valence-corrected chi connectivity index (χ2v) is 3.57. The molecule has 0 N–H and O–H groups in total. The van der Waals surface area contributed by atoms with Crippen LogP contribution >= 0.6 is 0 Å². The van der Waals surface area contributed by atoms with Gasteiger partial charge in [-0.25, -0.2) is 0 Å². The molecule has 1 heteroatoms. The topological polar surface area (TPSA) is 12.9 Å². The summed E-state index contributed by atoms with van der Waals surface area (Å²) in [7, 11) is 0. The molecule has 0 aliphatic rings. The van der Waals surface area contributed by atoms with Crippen LogP contribution in [0.5, 0.6) is 0 Å². The minimum absolute atomic E-state index is 1.20. The maximum atomic E-state index is 4.20. The third-order valence-corrected chi connectivity index (χ3v) is 2.33. The number of aromatic nitrogens is 1. The summed E-state index contributed by atoms with van der Waals surface area (Å²) in [6, 6.07) is 10.5. The van der Waals surface area contributed by atoms with Gasteiger partial charge in [0.05, 0.1) is 0 Å². The van der Waals surface area contributed by atoms with Crippen LogP contribution < -0.4 is 0 Å². The average molecular weight is 243 g/mol. The van der Waals surface area contributed by atoms with Gasteiger partial charge in [-0.15, -0.1) is 0 Å². The molecule has 1 heterocycles. The summed E-state index contributed by atoms with van der Waals surface area (Å²) in [6.45, 7) is 12.2. The smallest absolute Gasteiger partial charge is 0.0346 e. The van der Waals surface area contributed by atoms with E-state index < -0.39 is 0 Å². The summed E-state index contributed by atoms with van der Waals surface area (Å²) in [6.07, 6.45) is 3.79. The fraction of sp³-hybridized carbons (Fsp3) is 0.353. The van der Waals surface area contributed by atoms with Crippen LogP contribution in [0.3, 0.4) is 0 Å². The SMILES string of the molecule is CC.CC.Cc1cncc(-c2ccccc2C)c1. The van der Waals surface area contributed by atoms with Gasteiger partial charge in [-0.2, -0.15) is 0 Å². The Kier molecular flexibility index (Phi) is 8.55. The summed E-state index contributed by atoms with van der Waals surface area (Å²) in [4.78, 5) is 4.20. The highest BCUT2D eigenvalue weighted by Gasteiger charge is 2.00. The Morgan fingerprint density at radius 2 is 1.44 bits per heavy atom. The fourth-order valence-electron chi connectivity index (χ4n) is 1.60. The van der Waals surface area contributed by atoms with Gasteiger partial charge in [-0.3, -0.25) is 4.98 Å². The van der Waals surface area contributed by atoms with Crippen LogP contribution in [-0.2, 0) is 0 Å². The second kappa shape index (κ2) is 9.41. The molecule has 0 amide bonds. The van der Waals surface area contributed by atoms with Crippen molar-refractivity contribution in [2.45, 2.75) is 41.5 Å². The van der Waals surface area contributed by atoms with E-state index in [2.05, 4.69) is 49.2 Å². The largest absolute Gasteiger partial charge is 0.264 e. The van der Waals surface area contributed by atoms with Crippen LogP contribution in [0.4, 0.5) is 0 Å². The van der Waals surface area contributed by atoms with E-state index in [9.17, 15) is 0 Å². The first kappa shape index (κ1) is 16.4. The van der Waals surface area contributed by atoms with Crippen LogP contribution in [0, 0.1) is 13.8 Å². The van der Waals surface area contributed by atoms with Gasteiger partial charge >= 0.3 is 0 Å². The number of benzene rings is 1. The first-order valence-electron chi connectivity index (χ1n) is 6.75. The molecule has 1 aromatic heterocycles. The Hall–Kier alpha value is -1.63. The molecule has 2 rings (SSSR count). The van der Waals surface area contributed by atoms with Gasteiger partial charge in [0.1, 0.15) is 0 Å². The van der Waals surface area contributed by atoms with Gasteiger partial charge < -0.3 is 0 Å². The molecule has 2 aromatic rings. The summed E-state index contributed by atoms with van der Waals surface area (Å²) in [5, 5.41) is 0. The minimum atomic E-state index is 1.20. The number of pyridine rings is 1. The third kappa shape index (κ3) is 4.70. The molecular weight excluding hydrogens is 218 g/mol. The number of nitrogens with zero attached hydrogens (tertiary/aromatic N) is 1. The maximum Gasteiger partial charge on any atom is 0.0346 e. The van der Waals surface area contributed by atoms with Crippen LogP contribution in [0.25, 0.3) is 11.1 Å². The van der Waals surface area contributed by atoms with E-state index in [0.717, 1.165) is 0 Å². The molecule has 18 heavy (non-hydrogen) atoms. The quantitative estimate of drug-likeness (QED) is 0.652. The van der Waals surface area contributed by atoms with E-state index >= 15 is 0 Å². The summed E-state index contributed by atoms with van der Waals surface area (Å²) < 4.78 is 0. The lowest BCUT2D eigenvalue weighted by Gasteiger charge is -2.05. The number of hydrogen-bond acceptors (Lipinski definition) is 1.